The molecule has 6 heteroatoms. The molecule has 1 aromatic heterocycles. The summed E-state index contributed by atoms with van der Waals surface area (Å²) in [5.74, 6) is 0.683. The van der Waals surface area contributed by atoms with E-state index < -0.39 is 11.2 Å². The zero-order valence-corrected chi connectivity index (χ0v) is 12.9. The Labute approximate surface area is 127 Å². The van der Waals surface area contributed by atoms with Gasteiger partial charge in [-0.05, 0) is 44.5 Å². The summed E-state index contributed by atoms with van der Waals surface area (Å²) in [6.07, 6.45) is 0.507. The van der Waals surface area contributed by atoms with Crippen LogP contribution < -0.4 is 16.0 Å². The molecule has 0 spiro atoms. The second-order valence-electron chi connectivity index (χ2n) is 4.88. The van der Waals surface area contributed by atoms with Crippen LogP contribution in [0.25, 0.3) is 5.69 Å². The van der Waals surface area contributed by atoms with E-state index in [4.69, 9.17) is 16.3 Å². The van der Waals surface area contributed by atoms with Gasteiger partial charge in [-0.25, -0.2) is 9.36 Å². The molecule has 5 nitrogen and oxygen atoms in total. The minimum absolute atomic E-state index is 0.0594. The maximum absolute atomic E-state index is 12.3. The van der Waals surface area contributed by atoms with Crippen molar-refractivity contribution < 1.29 is 4.74 Å². The second kappa shape index (κ2) is 6.18. The fourth-order valence-corrected chi connectivity index (χ4v) is 2.33. The van der Waals surface area contributed by atoms with E-state index in [9.17, 15) is 9.59 Å². The number of benzene rings is 1. The van der Waals surface area contributed by atoms with Gasteiger partial charge in [-0.1, -0.05) is 18.5 Å². The summed E-state index contributed by atoms with van der Waals surface area (Å²) in [5, 5.41) is 0.100. The molecule has 0 fully saturated rings. The van der Waals surface area contributed by atoms with E-state index in [-0.39, 0.29) is 11.3 Å². The van der Waals surface area contributed by atoms with E-state index in [2.05, 4.69) is 4.98 Å². The molecule has 0 aliphatic heterocycles. The van der Waals surface area contributed by atoms with E-state index in [1.807, 2.05) is 20.8 Å². The quantitative estimate of drug-likeness (QED) is 0.883. The van der Waals surface area contributed by atoms with Crippen LogP contribution in [-0.2, 0) is 6.42 Å². The first-order chi connectivity index (χ1) is 9.93. The van der Waals surface area contributed by atoms with Crippen LogP contribution in [0.1, 0.15) is 26.3 Å². The van der Waals surface area contributed by atoms with E-state index in [0.717, 1.165) is 4.57 Å². The number of ether oxygens (including phenoxy) is 1. The van der Waals surface area contributed by atoms with Crippen molar-refractivity contribution in [2.75, 3.05) is 0 Å². The van der Waals surface area contributed by atoms with Gasteiger partial charge in [-0.3, -0.25) is 9.78 Å². The van der Waals surface area contributed by atoms with Crippen LogP contribution in [0.2, 0.25) is 5.15 Å². The zero-order chi connectivity index (χ0) is 15.6. The summed E-state index contributed by atoms with van der Waals surface area (Å²) in [6, 6.07) is 6.78. The van der Waals surface area contributed by atoms with Crippen LogP contribution in [0.5, 0.6) is 5.75 Å². The molecule has 0 bridgehead atoms. The first-order valence-electron chi connectivity index (χ1n) is 6.74. The number of aromatic nitrogens is 2. The van der Waals surface area contributed by atoms with Gasteiger partial charge in [0.15, 0.2) is 0 Å². The van der Waals surface area contributed by atoms with Crippen molar-refractivity contribution >= 4 is 11.6 Å². The third-order valence-electron chi connectivity index (χ3n) is 2.97. The molecule has 0 aliphatic carbocycles. The Morgan fingerprint density at radius 3 is 2.38 bits per heavy atom. The number of rotatable bonds is 4. The van der Waals surface area contributed by atoms with Crippen molar-refractivity contribution in [2.45, 2.75) is 33.3 Å². The largest absolute Gasteiger partial charge is 0.491 e. The number of hydrogen-bond acceptors (Lipinski definition) is 3. The second-order valence-corrected chi connectivity index (χ2v) is 5.26. The van der Waals surface area contributed by atoms with Crippen LogP contribution >= 0.6 is 11.6 Å². The summed E-state index contributed by atoms with van der Waals surface area (Å²) in [7, 11) is 0. The summed E-state index contributed by atoms with van der Waals surface area (Å²) < 4.78 is 6.61. The normalized spacial score (nSPS) is 10.9. The highest BCUT2D eigenvalue weighted by Crippen LogP contribution is 2.15. The van der Waals surface area contributed by atoms with Gasteiger partial charge in [-0.2, -0.15) is 0 Å². The van der Waals surface area contributed by atoms with E-state index in [0.29, 0.717) is 23.4 Å². The fourth-order valence-electron chi connectivity index (χ4n) is 2.03. The maximum Gasteiger partial charge on any atom is 0.334 e. The van der Waals surface area contributed by atoms with Crippen molar-refractivity contribution in [2.24, 2.45) is 0 Å². The lowest BCUT2D eigenvalue weighted by Gasteiger charge is -2.11. The van der Waals surface area contributed by atoms with Gasteiger partial charge >= 0.3 is 5.69 Å². The molecule has 2 aromatic rings. The molecule has 0 aliphatic rings. The molecule has 0 amide bonds. The molecule has 1 aromatic carbocycles. The first-order valence-corrected chi connectivity index (χ1v) is 7.12. The molecule has 0 radical (unpaired) electrons. The smallest absolute Gasteiger partial charge is 0.334 e. The molecule has 0 saturated carbocycles. The van der Waals surface area contributed by atoms with Crippen molar-refractivity contribution in [3.05, 3.63) is 55.8 Å². The van der Waals surface area contributed by atoms with Gasteiger partial charge in [-0.15, -0.1) is 0 Å². The Morgan fingerprint density at radius 1 is 1.24 bits per heavy atom. The molecule has 21 heavy (non-hydrogen) atoms. The Hall–Kier alpha value is -2.01. The third kappa shape index (κ3) is 3.19. The highest BCUT2D eigenvalue weighted by atomic mass is 35.5. The Bertz CT molecular complexity index is 745. The van der Waals surface area contributed by atoms with Crippen molar-refractivity contribution in [1.29, 1.82) is 0 Å². The average molecular weight is 309 g/mol. The van der Waals surface area contributed by atoms with E-state index >= 15 is 0 Å². The molecule has 0 atom stereocenters. The highest BCUT2D eigenvalue weighted by Gasteiger charge is 2.12. The third-order valence-corrected chi connectivity index (χ3v) is 3.29. The van der Waals surface area contributed by atoms with Crippen molar-refractivity contribution in [1.82, 2.24) is 9.55 Å². The van der Waals surface area contributed by atoms with Gasteiger partial charge in [0.05, 0.1) is 17.4 Å². The first kappa shape index (κ1) is 15.4. The molecule has 1 heterocycles. The van der Waals surface area contributed by atoms with Gasteiger partial charge in [0, 0.05) is 0 Å². The van der Waals surface area contributed by atoms with E-state index in [1.165, 1.54) is 0 Å². The number of H-pyrrole nitrogens is 1. The predicted octanol–water partition coefficient (Wildman–Crippen LogP) is 2.53. The standard InChI is InChI=1S/C15H17ClN2O3/c1-4-12-13(16)17-15(20)18(14(12)19)10-5-7-11(8-6-10)21-9(2)3/h5-9H,4H2,1-3H3,(H,17,20). The number of nitrogens with zero attached hydrogens (tertiary/aromatic N) is 1. The molecular formula is C15H17ClN2O3. The maximum atomic E-state index is 12.3. The summed E-state index contributed by atoms with van der Waals surface area (Å²) in [4.78, 5) is 26.8. The van der Waals surface area contributed by atoms with Crippen LogP contribution in [0.15, 0.2) is 33.9 Å². The average Bonchev–Trinajstić information content (AvgIpc) is 2.40. The highest BCUT2D eigenvalue weighted by molar-refractivity contribution is 6.30. The van der Waals surface area contributed by atoms with Gasteiger partial charge in [0.2, 0.25) is 0 Å². The van der Waals surface area contributed by atoms with Crippen molar-refractivity contribution in [3.63, 3.8) is 0 Å². The van der Waals surface area contributed by atoms with E-state index in [1.54, 1.807) is 24.3 Å². The van der Waals surface area contributed by atoms with Crippen LogP contribution in [0.4, 0.5) is 0 Å². The lowest BCUT2D eigenvalue weighted by atomic mass is 10.2. The van der Waals surface area contributed by atoms with Crippen LogP contribution in [0, 0.1) is 0 Å². The number of aromatic amines is 1. The minimum atomic E-state index is -0.556. The summed E-state index contributed by atoms with van der Waals surface area (Å²) in [5.41, 5.74) is -0.0917. The Balaban J connectivity index is 2.52. The molecule has 2 rings (SSSR count). The monoisotopic (exact) mass is 308 g/mol. The molecule has 112 valence electrons. The minimum Gasteiger partial charge on any atom is -0.491 e. The predicted molar refractivity (Wildman–Crippen MR) is 82.8 cm³/mol. The Kier molecular flexibility index (Phi) is 4.53. The molecule has 1 N–H and O–H groups in total. The number of hydrogen-bond donors (Lipinski definition) is 1. The topological polar surface area (TPSA) is 64.1 Å². The zero-order valence-electron chi connectivity index (χ0n) is 12.1. The summed E-state index contributed by atoms with van der Waals surface area (Å²) in [6.45, 7) is 5.66. The lowest BCUT2D eigenvalue weighted by Crippen LogP contribution is -2.36. The number of halogens is 1. The van der Waals surface area contributed by atoms with Gasteiger partial charge in [0.1, 0.15) is 10.9 Å². The fraction of sp³-hybridized carbons (Fsp3) is 0.333. The lowest BCUT2D eigenvalue weighted by molar-refractivity contribution is 0.242. The molecular weight excluding hydrogens is 292 g/mol. The van der Waals surface area contributed by atoms with Crippen molar-refractivity contribution in [3.8, 4) is 11.4 Å². The SMILES string of the molecule is CCc1c(Cl)[nH]c(=O)n(-c2ccc(OC(C)C)cc2)c1=O. The Morgan fingerprint density at radius 2 is 1.86 bits per heavy atom. The molecule has 0 saturated heterocycles. The summed E-state index contributed by atoms with van der Waals surface area (Å²) >= 11 is 5.89. The molecule has 0 unspecified atom stereocenters. The van der Waals surface area contributed by atoms with Crippen LogP contribution in [0.3, 0.4) is 0 Å². The van der Waals surface area contributed by atoms with Crippen LogP contribution in [-0.4, -0.2) is 15.7 Å². The van der Waals surface area contributed by atoms with Gasteiger partial charge in [0.25, 0.3) is 5.56 Å². The number of nitrogens with one attached hydrogen (secondary N) is 1. The van der Waals surface area contributed by atoms with Gasteiger partial charge < -0.3 is 4.74 Å².